The maximum atomic E-state index is 12.3. The molecule has 316 valence electrons. The van der Waals surface area contributed by atoms with E-state index in [4.69, 9.17) is 18.3 Å². The molecule has 12 nitrogen and oxygen atoms in total. The molecule has 8 rings (SSSR count). The number of carbonyl (C=O) groups is 2. The second-order valence-electron chi connectivity index (χ2n) is 16.4. The Hall–Kier alpha value is -4.10. The maximum Gasteiger partial charge on any atom is 0.336 e. The summed E-state index contributed by atoms with van der Waals surface area (Å²) in [6.45, 7) is 15.9. The van der Waals surface area contributed by atoms with Crippen LogP contribution in [0.4, 0.5) is 11.4 Å². The summed E-state index contributed by atoms with van der Waals surface area (Å²) in [5.74, 6) is -0.0396. The van der Waals surface area contributed by atoms with Crippen molar-refractivity contribution in [3.63, 3.8) is 0 Å². The monoisotopic (exact) mass is 800 g/mol. The number of hydrogen-bond donors (Lipinski definition) is 3. The number of aromatic carboxylic acids is 2. The van der Waals surface area contributed by atoms with Gasteiger partial charge in [-0.05, 0) is 121 Å². The summed E-state index contributed by atoms with van der Waals surface area (Å²) < 4.78 is 23.3. The van der Waals surface area contributed by atoms with E-state index in [0.717, 1.165) is 137 Å². The molecular formula is C46H64N4O8. The summed E-state index contributed by atoms with van der Waals surface area (Å²) in [6.07, 6.45) is 12.6. The molecular weight excluding hydrogens is 737 g/mol. The fraction of sp³-hybridized carbons (Fsp3) is 0.609. The van der Waals surface area contributed by atoms with E-state index in [1.54, 1.807) is 0 Å². The SMILES string of the molecule is CCc1c(N(CC)C2CCOCC2)cc2oc(CN3CCCCC3)cc2c1C(=O)O.CCc1c(NC2CCOCC2)cc2oc(CN3CCCCC3)cc2c1C(=O)O. The van der Waals surface area contributed by atoms with Gasteiger partial charge >= 0.3 is 11.9 Å². The summed E-state index contributed by atoms with van der Waals surface area (Å²) in [7, 11) is 0. The summed E-state index contributed by atoms with van der Waals surface area (Å²) in [5.41, 5.74) is 5.81. The van der Waals surface area contributed by atoms with Crippen LogP contribution in [0.2, 0.25) is 0 Å². The van der Waals surface area contributed by atoms with Gasteiger partial charge < -0.3 is 38.7 Å². The van der Waals surface area contributed by atoms with Crippen molar-refractivity contribution in [2.75, 3.05) is 69.4 Å². The van der Waals surface area contributed by atoms with Gasteiger partial charge in [-0.15, -0.1) is 0 Å². The molecule has 3 N–H and O–H groups in total. The second kappa shape index (κ2) is 19.8. The molecule has 2 aromatic heterocycles. The molecule has 0 aliphatic carbocycles. The van der Waals surface area contributed by atoms with Crippen LogP contribution < -0.4 is 10.2 Å². The van der Waals surface area contributed by atoms with Crippen LogP contribution in [-0.2, 0) is 35.4 Å². The predicted molar refractivity (Wildman–Crippen MR) is 228 cm³/mol. The largest absolute Gasteiger partial charge is 0.478 e. The van der Waals surface area contributed by atoms with Crippen molar-refractivity contribution in [3.05, 3.63) is 58.0 Å². The molecule has 12 heteroatoms. The topological polar surface area (TPSA) is 141 Å². The molecule has 2 aromatic carbocycles. The number of anilines is 2. The van der Waals surface area contributed by atoms with E-state index in [9.17, 15) is 19.8 Å². The van der Waals surface area contributed by atoms with Crippen molar-refractivity contribution >= 4 is 45.3 Å². The highest BCUT2D eigenvalue weighted by Crippen LogP contribution is 2.38. The molecule has 0 saturated carbocycles. The van der Waals surface area contributed by atoms with E-state index >= 15 is 0 Å². The van der Waals surface area contributed by atoms with Crippen LogP contribution in [0.5, 0.6) is 0 Å². The highest BCUT2D eigenvalue weighted by molar-refractivity contribution is 6.07. The van der Waals surface area contributed by atoms with Crippen LogP contribution >= 0.6 is 0 Å². The van der Waals surface area contributed by atoms with E-state index in [2.05, 4.69) is 33.0 Å². The van der Waals surface area contributed by atoms with Crippen LogP contribution in [0.1, 0.15) is 128 Å². The van der Waals surface area contributed by atoms with E-state index in [1.807, 2.05) is 32.0 Å². The van der Waals surface area contributed by atoms with Crippen LogP contribution in [0.25, 0.3) is 21.9 Å². The zero-order valence-corrected chi connectivity index (χ0v) is 34.9. The van der Waals surface area contributed by atoms with Crippen molar-refractivity contribution in [3.8, 4) is 0 Å². The minimum atomic E-state index is -0.886. The average molecular weight is 801 g/mol. The molecule has 6 heterocycles. The third kappa shape index (κ3) is 9.67. The van der Waals surface area contributed by atoms with Gasteiger partial charge in [0.05, 0.1) is 24.2 Å². The Labute approximate surface area is 342 Å². The molecule has 4 aliphatic heterocycles. The number of ether oxygens (including phenoxy) is 2. The number of fused-ring (bicyclic) bond motifs is 2. The molecule has 4 saturated heterocycles. The molecule has 0 radical (unpaired) electrons. The summed E-state index contributed by atoms with van der Waals surface area (Å²) in [6, 6.07) is 8.65. The zero-order valence-electron chi connectivity index (χ0n) is 34.9. The lowest BCUT2D eigenvalue weighted by atomic mass is 9.96. The Morgan fingerprint density at radius 1 is 0.672 bits per heavy atom. The van der Waals surface area contributed by atoms with Gasteiger partial charge in [0.15, 0.2) is 0 Å². The summed E-state index contributed by atoms with van der Waals surface area (Å²) in [4.78, 5) is 31.6. The molecule has 58 heavy (non-hydrogen) atoms. The molecule has 4 aromatic rings. The number of carboxylic acids is 2. The number of nitrogens with zero attached hydrogens (tertiary/aromatic N) is 3. The van der Waals surface area contributed by atoms with Crippen LogP contribution in [0.15, 0.2) is 33.1 Å². The average Bonchev–Trinajstić information content (AvgIpc) is 3.84. The fourth-order valence-corrected chi connectivity index (χ4v) is 9.65. The number of furan rings is 2. The van der Waals surface area contributed by atoms with E-state index < -0.39 is 11.9 Å². The van der Waals surface area contributed by atoms with Gasteiger partial charge in [0.1, 0.15) is 22.7 Å². The molecule has 4 aliphatic rings. The fourth-order valence-electron chi connectivity index (χ4n) is 9.65. The third-order valence-corrected chi connectivity index (χ3v) is 12.6. The zero-order chi connectivity index (χ0) is 40.6. The Bertz CT molecular complexity index is 2000. The molecule has 0 atom stereocenters. The normalized spacial score (nSPS) is 18.9. The molecule has 4 fully saturated rings. The van der Waals surface area contributed by atoms with Gasteiger partial charge in [-0.2, -0.15) is 0 Å². The minimum absolute atomic E-state index is 0.306. The Balaban J connectivity index is 0.000000177. The Kier molecular flexibility index (Phi) is 14.3. The number of nitrogens with one attached hydrogen (secondary N) is 1. The highest BCUT2D eigenvalue weighted by atomic mass is 16.5. The van der Waals surface area contributed by atoms with Crippen molar-refractivity contribution < 1.29 is 38.1 Å². The van der Waals surface area contributed by atoms with E-state index in [-0.39, 0.29) is 0 Å². The lowest BCUT2D eigenvalue weighted by molar-refractivity contribution is 0.0687. The first-order valence-corrected chi connectivity index (χ1v) is 22.0. The van der Waals surface area contributed by atoms with Crippen LogP contribution in [-0.4, -0.2) is 103 Å². The lowest BCUT2D eigenvalue weighted by Gasteiger charge is -2.36. The van der Waals surface area contributed by atoms with Crippen LogP contribution in [0.3, 0.4) is 0 Å². The van der Waals surface area contributed by atoms with Gasteiger partial charge in [0, 0.05) is 79.3 Å². The first-order valence-electron chi connectivity index (χ1n) is 22.0. The second-order valence-corrected chi connectivity index (χ2v) is 16.4. The van der Waals surface area contributed by atoms with Gasteiger partial charge in [0.25, 0.3) is 0 Å². The van der Waals surface area contributed by atoms with E-state index in [1.165, 1.54) is 38.5 Å². The first-order chi connectivity index (χ1) is 28.3. The highest BCUT2D eigenvalue weighted by Gasteiger charge is 2.28. The standard InChI is InChI=1S/C24H34N2O4.C22H30N2O4/c1-3-19-21(26(4-2)17-8-12-29-13-9-17)15-22-20(23(19)24(27)28)14-18(30-22)16-25-10-6-5-7-11-25;1-2-17-19(23-15-6-10-27-11-7-15)13-20-18(21(17)22(25)26)12-16(28-20)14-24-8-4-3-5-9-24/h14-15,17H,3-13,16H2,1-2H3,(H,27,28);12-13,15,23H,2-11,14H2,1H3,(H,25,26). The quantitative estimate of drug-likeness (QED) is 0.119. The Morgan fingerprint density at radius 3 is 1.64 bits per heavy atom. The van der Waals surface area contributed by atoms with Crippen molar-refractivity contribution in [2.45, 2.75) is 123 Å². The number of benzene rings is 2. The summed E-state index contributed by atoms with van der Waals surface area (Å²) in [5, 5.41) is 25.1. The third-order valence-electron chi connectivity index (χ3n) is 12.6. The van der Waals surface area contributed by atoms with Crippen molar-refractivity contribution in [2.24, 2.45) is 0 Å². The Morgan fingerprint density at radius 2 is 1.16 bits per heavy atom. The molecule has 0 bridgehead atoms. The van der Waals surface area contributed by atoms with Gasteiger partial charge in [-0.3, -0.25) is 9.80 Å². The predicted octanol–water partition coefficient (Wildman–Crippen LogP) is 8.95. The number of piperidine rings is 2. The number of rotatable bonds is 13. The van der Waals surface area contributed by atoms with Gasteiger partial charge in [-0.25, -0.2) is 9.59 Å². The number of hydrogen-bond acceptors (Lipinski definition) is 10. The maximum absolute atomic E-state index is 12.3. The smallest absolute Gasteiger partial charge is 0.336 e. The van der Waals surface area contributed by atoms with Crippen molar-refractivity contribution in [1.82, 2.24) is 9.80 Å². The molecule has 0 spiro atoms. The van der Waals surface area contributed by atoms with Crippen molar-refractivity contribution in [1.29, 1.82) is 0 Å². The molecule has 0 unspecified atom stereocenters. The van der Waals surface area contributed by atoms with E-state index in [0.29, 0.717) is 52.6 Å². The lowest BCUT2D eigenvalue weighted by Crippen LogP contribution is -2.40. The van der Waals surface area contributed by atoms with Gasteiger partial charge in [-0.1, -0.05) is 26.7 Å². The van der Waals surface area contributed by atoms with Crippen LogP contribution in [0, 0.1) is 0 Å². The minimum Gasteiger partial charge on any atom is -0.478 e. The van der Waals surface area contributed by atoms with Gasteiger partial charge in [0.2, 0.25) is 0 Å². The number of carboxylic acid groups (broad SMARTS) is 2. The number of likely N-dealkylation sites (tertiary alicyclic amines) is 2. The summed E-state index contributed by atoms with van der Waals surface area (Å²) >= 11 is 0. The first kappa shape index (κ1) is 42.0. The molecule has 0 amide bonds.